The zero-order chi connectivity index (χ0) is 18.7. The number of hydrogen-bond donors (Lipinski definition) is 2. The minimum absolute atomic E-state index is 0.00602. The summed E-state index contributed by atoms with van der Waals surface area (Å²) in [4.78, 5) is 26.7. The van der Waals surface area contributed by atoms with E-state index in [1.54, 1.807) is 10.9 Å². The normalized spacial score (nSPS) is 19.3. The van der Waals surface area contributed by atoms with Gasteiger partial charge in [0, 0.05) is 37.6 Å². The molecule has 7 heteroatoms. The monoisotopic (exact) mass is 367 g/mol. The van der Waals surface area contributed by atoms with Gasteiger partial charge < -0.3 is 15.5 Å². The summed E-state index contributed by atoms with van der Waals surface area (Å²) in [6.07, 6.45) is 6.57. The molecule has 0 radical (unpaired) electrons. The highest BCUT2D eigenvalue weighted by Crippen LogP contribution is 2.27. The standard InChI is InChI=1S/C20H25N5O2/c26-18-3-1-13-24(18)17-6-4-16(5-7-17)15-22-19(27)20(8-11-21-12-9-20)25-14-2-10-23-25/h2,4-7,10,14,21H,1,3,8-9,11-13,15H2,(H,22,27). The first-order chi connectivity index (χ1) is 13.2. The molecule has 0 bridgehead atoms. The lowest BCUT2D eigenvalue weighted by Gasteiger charge is -2.36. The molecule has 142 valence electrons. The maximum atomic E-state index is 13.1. The number of hydrogen-bond acceptors (Lipinski definition) is 4. The van der Waals surface area contributed by atoms with Crippen LogP contribution in [-0.2, 0) is 21.7 Å². The minimum Gasteiger partial charge on any atom is -0.350 e. The summed E-state index contributed by atoms with van der Waals surface area (Å²) in [6, 6.07) is 9.72. The Bertz CT molecular complexity index is 794. The van der Waals surface area contributed by atoms with Gasteiger partial charge in [0.05, 0.1) is 0 Å². The van der Waals surface area contributed by atoms with Crippen molar-refractivity contribution in [1.82, 2.24) is 20.4 Å². The van der Waals surface area contributed by atoms with Crippen LogP contribution in [0.3, 0.4) is 0 Å². The zero-order valence-electron chi connectivity index (χ0n) is 15.4. The van der Waals surface area contributed by atoms with Crippen LogP contribution in [0.15, 0.2) is 42.7 Å². The van der Waals surface area contributed by atoms with Crippen molar-refractivity contribution in [1.29, 1.82) is 0 Å². The smallest absolute Gasteiger partial charge is 0.248 e. The number of carbonyl (C=O) groups is 2. The topological polar surface area (TPSA) is 79.3 Å². The van der Waals surface area contributed by atoms with Crippen molar-refractivity contribution in [2.45, 2.75) is 37.8 Å². The van der Waals surface area contributed by atoms with Gasteiger partial charge in [0.25, 0.3) is 0 Å². The first-order valence-corrected chi connectivity index (χ1v) is 9.57. The SMILES string of the molecule is O=C1CCCN1c1ccc(CNC(=O)C2(n3cccn3)CCNCC2)cc1. The number of carbonyl (C=O) groups excluding carboxylic acids is 2. The van der Waals surface area contributed by atoms with Gasteiger partial charge in [0.1, 0.15) is 5.54 Å². The second-order valence-electron chi connectivity index (χ2n) is 7.23. The zero-order valence-corrected chi connectivity index (χ0v) is 15.4. The van der Waals surface area contributed by atoms with Crippen molar-refractivity contribution in [2.75, 3.05) is 24.5 Å². The maximum absolute atomic E-state index is 13.1. The molecule has 27 heavy (non-hydrogen) atoms. The molecule has 0 unspecified atom stereocenters. The molecule has 3 heterocycles. The molecule has 0 atom stereocenters. The van der Waals surface area contributed by atoms with Crippen molar-refractivity contribution in [3.05, 3.63) is 48.3 Å². The molecular weight excluding hydrogens is 342 g/mol. The highest BCUT2D eigenvalue weighted by Gasteiger charge is 2.41. The molecule has 2 aliphatic rings. The van der Waals surface area contributed by atoms with Crippen molar-refractivity contribution in [2.24, 2.45) is 0 Å². The Morgan fingerprint density at radius 3 is 2.63 bits per heavy atom. The predicted molar refractivity (Wildman–Crippen MR) is 102 cm³/mol. The molecule has 2 amide bonds. The predicted octanol–water partition coefficient (Wildman–Crippen LogP) is 1.40. The first kappa shape index (κ1) is 17.7. The molecule has 2 N–H and O–H groups in total. The molecule has 4 rings (SSSR count). The highest BCUT2D eigenvalue weighted by atomic mass is 16.2. The summed E-state index contributed by atoms with van der Waals surface area (Å²) < 4.78 is 1.80. The average Bonchev–Trinajstić information content (AvgIpc) is 3.39. The largest absolute Gasteiger partial charge is 0.350 e. The van der Waals surface area contributed by atoms with E-state index in [9.17, 15) is 9.59 Å². The Balaban J connectivity index is 1.43. The Labute approximate surface area is 158 Å². The van der Waals surface area contributed by atoms with E-state index in [0.29, 0.717) is 13.0 Å². The third-order valence-corrected chi connectivity index (χ3v) is 5.57. The summed E-state index contributed by atoms with van der Waals surface area (Å²) in [5, 5.41) is 10.7. The maximum Gasteiger partial charge on any atom is 0.248 e. The summed E-state index contributed by atoms with van der Waals surface area (Å²) in [5.74, 6) is 0.189. The minimum atomic E-state index is -0.628. The number of rotatable bonds is 5. The fourth-order valence-corrected chi connectivity index (χ4v) is 3.98. The van der Waals surface area contributed by atoms with E-state index in [2.05, 4.69) is 15.7 Å². The van der Waals surface area contributed by atoms with Crippen LogP contribution in [-0.4, -0.2) is 41.2 Å². The van der Waals surface area contributed by atoms with Gasteiger partial charge in [-0.05, 0) is 56.1 Å². The molecule has 2 aliphatic heterocycles. The lowest BCUT2D eigenvalue weighted by atomic mass is 9.87. The van der Waals surface area contributed by atoms with Crippen LogP contribution < -0.4 is 15.5 Å². The summed E-state index contributed by atoms with van der Waals surface area (Å²) >= 11 is 0. The number of nitrogens with zero attached hydrogens (tertiary/aromatic N) is 3. The number of amides is 2. The van der Waals surface area contributed by atoms with Crippen LogP contribution in [0.1, 0.15) is 31.2 Å². The third-order valence-electron chi connectivity index (χ3n) is 5.57. The van der Waals surface area contributed by atoms with Gasteiger partial charge in [-0.3, -0.25) is 14.3 Å². The van der Waals surface area contributed by atoms with E-state index in [0.717, 1.165) is 50.1 Å². The Morgan fingerprint density at radius 2 is 2.00 bits per heavy atom. The van der Waals surface area contributed by atoms with Gasteiger partial charge in [-0.25, -0.2) is 0 Å². The number of anilines is 1. The number of nitrogens with one attached hydrogen (secondary N) is 2. The molecule has 1 aromatic carbocycles. The molecule has 0 saturated carbocycles. The first-order valence-electron chi connectivity index (χ1n) is 9.57. The van der Waals surface area contributed by atoms with Crippen LogP contribution >= 0.6 is 0 Å². The van der Waals surface area contributed by atoms with Crippen LogP contribution in [0.2, 0.25) is 0 Å². The van der Waals surface area contributed by atoms with Gasteiger partial charge in [0.2, 0.25) is 11.8 Å². The van der Waals surface area contributed by atoms with Gasteiger partial charge in [-0.1, -0.05) is 12.1 Å². The van der Waals surface area contributed by atoms with Crippen LogP contribution in [0.4, 0.5) is 5.69 Å². The number of benzene rings is 1. The van der Waals surface area contributed by atoms with Gasteiger partial charge in [0.15, 0.2) is 0 Å². The van der Waals surface area contributed by atoms with Gasteiger partial charge >= 0.3 is 0 Å². The van der Waals surface area contributed by atoms with E-state index in [-0.39, 0.29) is 11.8 Å². The van der Waals surface area contributed by atoms with E-state index in [1.165, 1.54) is 0 Å². The summed E-state index contributed by atoms with van der Waals surface area (Å²) in [7, 11) is 0. The molecule has 7 nitrogen and oxygen atoms in total. The lowest BCUT2D eigenvalue weighted by Crippen LogP contribution is -2.54. The summed E-state index contributed by atoms with van der Waals surface area (Å²) in [6.45, 7) is 2.84. The van der Waals surface area contributed by atoms with E-state index >= 15 is 0 Å². The molecule has 2 saturated heterocycles. The van der Waals surface area contributed by atoms with Crippen molar-refractivity contribution in [3.8, 4) is 0 Å². The molecule has 2 fully saturated rings. The van der Waals surface area contributed by atoms with E-state index in [1.807, 2.05) is 41.4 Å². The van der Waals surface area contributed by atoms with Crippen molar-refractivity contribution in [3.63, 3.8) is 0 Å². The molecule has 0 aliphatic carbocycles. The molecule has 1 aromatic heterocycles. The Kier molecular flexibility index (Phi) is 4.94. The second kappa shape index (κ2) is 7.52. The Hall–Kier alpha value is -2.67. The molecule has 0 spiro atoms. The molecule has 2 aromatic rings. The fourth-order valence-electron chi connectivity index (χ4n) is 3.98. The van der Waals surface area contributed by atoms with Crippen molar-refractivity contribution >= 4 is 17.5 Å². The summed E-state index contributed by atoms with van der Waals surface area (Å²) in [5.41, 5.74) is 1.32. The second-order valence-corrected chi connectivity index (χ2v) is 7.23. The van der Waals surface area contributed by atoms with Gasteiger partial charge in [-0.2, -0.15) is 5.10 Å². The lowest BCUT2D eigenvalue weighted by molar-refractivity contribution is -0.132. The van der Waals surface area contributed by atoms with E-state index in [4.69, 9.17) is 0 Å². The van der Waals surface area contributed by atoms with Crippen LogP contribution in [0.5, 0.6) is 0 Å². The van der Waals surface area contributed by atoms with Crippen LogP contribution in [0, 0.1) is 0 Å². The highest BCUT2D eigenvalue weighted by molar-refractivity contribution is 5.95. The van der Waals surface area contributed by atoms with E-state index < -0.39 is 5.54 Å². The number of aromatic nitrogens is 2. The van der Waals surface area contributed by atoms with Crippen LogP contribution in [0.25, 0.3) is 0 Å². The Morgan fingerprint density at radius 1 is 1.22 bits per heavy atom. The van der Waals surface area contributed by atoms with Crippen molar-refractivity contribution < 1.29 is 9.59 Å². The third kappa shape index (κ3) is 3.47. The quantitative estimate of drug-likeness (QED) is 0.837. The number of piperidine rings is 1. The fraction of sp³-hybridized carbons (Fsp3) is 0.450. The molecular formula is C20H25N5O2. The average molecular weight is 367 g/mol. The van der Waals surface area contributed by atoms with Gasteiger partial charge in [-0.15, -0.1) is 0 Å².